The van der Waals surface area contributed by atoms with Gasteiger partial charge in [0.1, 0.15) is 11.5 Å². The number of hydrogen-bond donors (Lipinski definition) is 1. The summed E-state index contributed by atoms with van der Waals surface area (Å²) in [5, 5.41) is 2.58. The molecule has 0 saturated carbocycles. The highest BCUT2D eigenvalue weighted by Crippen LogP contribution is 2.24. The monoisotopic (exact) mass is 400 g/mol. The number of hydrogen-bond acceptors (Lipinski definition) is 6. The van der Waals surface area contributed by atoms with Crippen molar-refractivity contribution in [1.29, 1.82) is 0 Å². The smallest absolute Gasteiger partial charge is 0.463 e. The Hall–Kier alpha value is -3.01. The molecule has 1 amide bonds. The van der Waals surface area contributed by atoms with Crippen LogP contribution in [0.4, 0.5) is 18.9 Å². The van der Waals surface area contributed by atoms with Crippen LogP contribution in [-0.2, 0) is 9.53 Å². The van der Waals surface area contributed by atoms with E-state index in [1.807, 2.05) is 0 Å². The molecule has 7 nitrogen and oxygen atoms in total. The SMILES string of the molecule is COC(=O)c1ccc([C@@H](C)N(C)CC(=O)Nc2ccc(OC(F)(F)F)cc2)o1. The summed E-state index contributed by atoms with van der Waals surface area (Å²) in [6, 6.07) is 7.60. The van der Waals surface area contributed by atoms with Crippen molar-refractivity contribution in [3.05, 3.63) is 47.9 Å². The van der Waals surface area contributed by atoms with Crippen LogP contribution in [0.3, 0.4) is 0 Å². The second-order valence-electron chi connectivity index (χ2n) is 5.91. The fraction of sp³-hybridized carbons (Fsp3) is 0.333. The fourth-order valence-electron chi connectivity index (χ4n) is 2.31. The van der Waals surface area contributed by atoms with Gasteiger partial charge in [-0.15, -0.1) is 13.2 Å². The Morgan fingerprint density at radius 3 is 2.39 bits per heavy atom. The van der Waals surface area contributed by atoms with Crippen molar-refractivity contribution < 1.29 is 36.7 Å². The number of likely N-dealkylation sites (N-methyl/N-ethyl adjacent to an activating group) is 1. The Morgan fingerprint density at radius 1 is 1.18 bits per heavy atom. The molecular weight excluding hydrogens is 381 g/mol. The fourth-order valence-corrected chi connectivity index (χ4v) is 2.31. The molecule has 0 radical (unpaired) electrons. The van der Waals surface area contributed by atoms with Gasteiger partial charge in [-0.1, -0.05) is 0 Å². The van der Waals surface area contributed by atoms with Crippen molar-refractivity contribution in [3.8, 4) is 5.75 Å². The minimum atomic E-state index is -4.77. The normalized spacial score (nSPS) is 12.5. The van der Waals surface area contributed by atoms with Crippen molar-refractivity contribution in [2.45, 2.75) is 19.3 Å². The number of benzene rings is 1. The molecule has 0 aliphatic heterocycles. The number of rotatable bonds is 7. The van der Waals surface area contributed by atoms with Crippen LogP contribution in [-0.4, -0.2) is 43.8 Å². The molecule has 2 aromatic rings. The van der Waals surface area contributed by atoms with E-state index in [4.69, 9.17) is 4.42 Å². The van der Waals surface area contributed by atoms with Gasteiger partial charge in [-0.2, -0.15) is 0 Å². The third-order valence-corrected chi connectivity index (χ3v) is 3.85. The van der Waals surface area contributed by atoms with Gasteiger partial charge in [0.25, 0.3) is 0 Å². The quantitative estimate of drug-likeness (QED) is 0.716. The van der Waals surface area contributed by atoms with Crippen LogP contribution < -0.4 is 10.1 Å². The average molecular weight is 400 g/mol. The van der Waals surface area contributed by atoms with E-state index in [0.29, 0.717) is 11.4 Å². The van der Waals surface area contributed by atoms with E-state index >= 15 is 0 Å². The van der Waals surface area contributed by atoms with E-state index in [1.165, 1.54) is 25.3 Å². The molecule has 0 spiro atoms. The second-order valence-corrected chi connectivity index (χ2v) is 5.91. The second kappa shape index (κ2) is 8.79. The average Bonchev–Trinajstić information content (AvgIpc) is 3.10. The zero-order valence-electron chi connectivity index (χ0n) is 15.4. The molecule has 1 aromatic carbocycles. The minimum absolute atomic E-state index is 0.0176. The molecule has 28 heavy (non-hydrogen) atoms. The summed E-state index contributed by atoms with van der Waals surface area (Å²) in [6.07, 6.45) is -4.77. The van der Waals surface area contributed by atoms with Crippen molar-refractivity contribution in [2.24, 2.45) is 0 Å². The number of nitrogens with one attached hydrogen (secondary N) is 1. The van der Waals surface area contributed by atoms with E-state index in [1.54, 1.807) is 24.9 Å². The third-order valence-electron chi connectivity index (χ3n) is 3.85. The van der Waals surface area contributed by atoms with Crippen LogP contribution in [0.15, 0.2) is 40.8 Å². The van der Waals surface area contributed by atoms with Gasteiger partial charge in [0.2, 0.25) is 11.7 Å². The maximum atomic E-state index is 12.2. The molecule has 0 aliphatic carbocycles. The van der Waals surface area contributed by atoms with Crippen molar-refractivity contribution in [1.82, 2.24) is 4.90 Å². The first kappa shape index (κ1) is 21.3. The highest BCUT2D eigenvalue weighted by Gasteiger charge is 2.31. The highest BCUT2D eigenvalue weighted by atomic mass is 19.4. The lowest BCUT2D eigenvalue weighted by Gasteiger charge is -2.22. The van der Waals surface area contributed by atoms with Crippen LogP contribution in [0.1, 0.15) is 29.3 Å². The number of anilines is 1. The molecule has 0 fully saturated rings. The summed E-state index contributed by atoms with van der Waals surface area (Å²) in [5.41, 5.74) is 0.326. The Labute approximate surface area is 159 Å². The Morgan fingerprint density at radius 2 is 1.82 bits per heavy atom. The maximum Gasteiger partial charge on any atom is 0.573 e. The predicted octanol–water partition coefficient (Wildman–Crippen LogP) is 3.60. The minimum Gasteiger partial charge on any atom is -0.463 e. The van der Waals surface area contributed by atoms with Crippen LogP contribution in [0, 0.1) is 0 Å². The number of nitrogens with zero attached hydrogens (tertiary/aromatic N) is 1. The molecule has 1 atom stereocenters. The molecule has 0 bridgehead atoms. The number of ether oxygens (including phenoxy) is 2. The lowest BCUT2D eigenvalue weighted by molar-refractivity contribution is -0.274. The summed E-state index contributed by atoms with van der Waals surface area (Å²) in [7, 11) is 2.93. The Bertz CT molecular complexity index is 817. The van der Waals surface area contributed by atoms with Crippen molar-refractivity contribution >= 4 is 17.6 Å². The molecule has 1 N–H and O–H groups in total. The van der Waals surface area contributed by atoms with Gasteiger partial charge in [0, 0.05) is 5.69 Å². The van der Waals surface area contributed by atoms with Gasteiger partial charge < -0.3 is 19.2 Å². The van der Waals surface area contributed by atoms with E-state index in [2.05, 4.69) is 14.8 Å². The number of alkyl halides is 3. The van der Waals surface area contributed by atoms with Crippen molar-refractivity contribution in [2.75, 3.05) is 26.0 Å². The first-order valence-electron chi connectivity index (χ1n) is 8.13. The lowest BCUT2D eigenvalue weighted by Crippen LogP contribution is -2.32. The van der Waals surface area contributed by atoms with Gasteiger partial charge in [0.15, 0.2) is 0 Å². The van der Waals surface area contributed by atoms with Gasteiger partial charge >= 0.3 is 12.3 Å². The largest absolute Gasteiger partial charge is 0.573 e. The van der Waals surface area contributed by atoms with Crippen LogP contribution in [0.5, 0.6) is 5.75 Å². The molecule has 0 saturated heterocycles. The topological polar surface area (TPSA) is 81.0 Å². The third kappa shape index (κ3) is 6.02. The maximum absolute atomic E-state index is 12.2. The molecule has 0 unspecified atom stereocenters. The lowest BCUT2D eigenvalue weighted by atomic mass is 10.2. The van der Waals surface area contributed by atoms with Gasteiger partial charge in [-0.05, 0) is 50.4 Å². The van der Waals surface area contributed by atoms with Crippen LogP contribution >= 0.6 is 0 Å². The molecular formula is C18H19F3N2O5. The summed E-state index contributed by atoms with van der Waals surface area (Å²) in [6.45, 7) is 1.77. The molecule has 152 valence electrons. The molecule has 1 aromatic heterocycles. The highest BCUT2D eigenvalue weighted by molar-refractivity contribution is 5.92. The van der Waals surface area contributed by atoms with Gasteiger partial charge in [0.05, 0.1) is 19.7 Å². The van der Waals surface area contributed by atoms with Gasteiger partial charge in [-0.25, -0.2) is 4.79 Å². The first-order chi connectivity index (χ1) is 13.1. The van der Waals surface area contributed by atoms with Crippen LogP contribution in [0.25, 0.3) is 0 Å². The van der Waals surface area contributed by atoms with Crippen LogP contribution in [0.2, 0.25) is 0 Å². The molecule has 2 rings (SSSR count). The van der Waals surface area contributed by atoms with Gasteiger partial charge in [-0.3, -0.25) is 9.69 Å². The number of amides is 1. The van der Waals surface area contributed by atoms with E-state index in [-0.39, 0.29) is 30.0 Å². The number of esters is 1. The van der Waals surface area contributed by atoms with Crippen molar-refractivity contribution in [3.63, 3.8) is 0 Å². The van der Waals surface area contributed by atoms with E-state index in [9.17, 15) is 22.8 Å². The zero-order valence-corrected chi connectivity index (χ0v) is 15.4. The first-order valence-corrected chi connectivity index (χ1v) is 8.13. The number of furan rings is 1. The van der Waals surface area contributed by atoms with E-state index < -0.39 is 12.3 Å². The summed E-state index contributed by atoms with van der Waals surface area (Å²) >= 11 is 0. The number of carbonyl (C=O) groups is 2. The predicted molar refractivity (Wildman–Crippen MR) is 92.8 cm³/mol. The summed E-state index contributed by atoms with van der Waals surface area (Å²) in [5.74, 6) is -0.821. The zero-order chi connectivity index (χ0) is 20.9. The standard InChI is InChI=1S/C18H19F3N2O5/c1-11(14-8-9-15(27-14)17(25)26-3)23(2)10-16(24)22-12-4-6-13(7-5-12)28-18(19,20)21/h4-9,11H,10H2,1-3H3,(H,22,24)/t11-/m1/s1. The Kier molecular flexibility index (Phi) is 6.68. The number of halogens is 3. The summed E-state index contributed by atoms with van der Waals surface area (Å²) < 4.78 is 50.2. The number of carbonyl (C=O) groups excluding carboxylic acids is 2. The van der Waals surface area contributed by atoms with E-state index in [0.717, 1.165) is 12.1 Å². The molecule has 10 heteroatoms. The summed E-state index contributed by atoms with van der Waals surface area (Å²) in [4.78, 5) is 25.3. The molecule has 1 heterocycles. The number of methoxy groups -OCH3 is 1. The molecule has 0 aliphatic rings. The Balaban J connectivity index is 1.91.